The quantitative estimate of drug-likeness (QED) is 0.416. The molecule has 0 spiro atoms. The minimum Gasteiger partial charge on any atom is -0.360 e. The molecule has 1 aliphatic carbocycles. The minimum absolute atomic E-state index is 0.451. The molecule has 7 nitrogen and oxygen atoms in total. The van der Waals surface area contributed by atoms with Gasteiger partial charge in [0.2, 0.25) is 5.95 Å². The summed E-state index contributed by atoms with van der Waals surface area (Å²) in [7, 11) is 0. The van der Waals surface area contributed by atoms with Crippen LogP contribution in [0.5, 0.6) is 0 Å². The summed E-state index contributed by atoms with van der Waals surface area (Å²) in [5, 5.41) is 8.67. The van der Waals surface area contributed by atoms with Crippen LogP contribution in [0.4, 0.5) is 11.8 Å². The third-order valence-corrected chi connectivity index (χ3v) is 6.47. The van der Waals surface area contributed by atoms with Gasteiger partial charge in [-0.3, -0.25) is 0 Å². The molecule has 4 rings (SSSR count). The summed E-state index contributed by atoms with van der Waals surface area (Å²) in [4.78, 5) is 20.4. The van der Waals surface area contributed by atoms with Crippen molar-refractivity contribution in [3.63, 3.8) is 0 Å². The van der Waals surface area contributed by atoms with E-state index in [0.29, 0.717) is 28.3 Å². The Kier molecular flexibility index (Phi) is 6.76. The molecule has 0 unspecified atom stereocenters. The Morgan fingerprint density at radius 2 is 1.86 bits per heavy atom. The van der Waals surface area contributed by atoms with Crippen LogP contribution in [0.3, 0.4) is 0 Å². The van der Waals surface area contributed by atoms with Crippen molar-refractivity contribution in [1.82, 2.24) is 25.3 Å². The van der Waals surface area contributed by atoms with Crippen molar-refractivity contribution in [1.29, 1.82) is 0 Å². The van der Waals surface area contributed by atoms with E-state index in [9.17, 15) is 0 Å². The van der Waals surface area contributed by atoms with Crippen molar-refractivity contribution >= 4 is 40.9 Å². The molecule has 3 heterocycles. The second-order valence-electron chi connectivity index (χ2n) is 7.64. The van der Waals surface area contributed by atoms with Gasteiger partial charge < -0.3 is 15.5 Å². The first kappa shape index (κ1) is 20.3. The number of piperidine rings is 1. The number of nitrogens with zero attached hydrogens (tertiary/aromatic N) is 5. The fraction of sp³-hybridized carbons (Fsp3) is 0.550. The van der Waals surface area contributed by atoms with Crippen LogP contribution in [0, 0.1) is 0 Å². The van der Waals surface area contributed by atoms with Crippen LogP contribution in [0.2, 0.25) is 0 Å². The van der Waals surface area contributed by atoms with Crippen LogP contribution < -0.4 is 15.5 Å². The van der Waals surface area contributed by atoms with E-state index in [0.717, 1.165) is 17.4 Å². The van der Waals surface area contributed by atoms with Gasteiger partial charge in [0.25, 0.3) is 0 Å². The van der Waals surface area contributed by atoms with E-state index in [2.05, 4.69) is 37.4 Å². The van der Waals surface area contributed by atoms with Gasteiger partial charge in [-0.2, -0.15) is 4.98 Å². The lowest BCUT2D eigenvalue weighted by atomic mass is 10.0. The number of thiocarbonyl (C=S) groups is 1. The van der Waals surface area contributed by atoms with Gasteiger partial charge >= 0.3 is 0 Å². The lowest BCUT2D eigenvalue weighted by molar-refractivity contribution is 0.480. The molecule has 1 saturated carbocycles. The minimum atomic E-state index is 0.451. The van der Waals surface area contributed by atoms with Crippen LogP contribution in [0.1, 0.15) is 51.9 Å². The Balaban J connectivity index is 1.55. The lowest BCUT2D eigenvalue weighted by Gasteiger charge is -2.34. The maximum absolute atomic E-state index is 5.52. The van der Waals surface area contributed by atoms with Crippen molar-refractivity contribution in [2.24, 2.45) is 0 Å². The van der Waals surface area contributed by atoms with Crippen LogP contribution in [0.25, 0.3) is 0 Å². The molecule has 0 aromatic carbocycles. The number of rotatable bonds is 5. The van der Waals surface area contributed by atoms with Gasteiger partial charge in [-0.1, -0.05) is 12.8 Å². The summed E-state index contributed by atoms with van der Waals surface area (Å²) in [6, 6.07) is 4.75. The molecule has 2 aliphatic rings. The van der Waals surface area contributed by atoms with Crippen LogP contribution in [0.15, 0.2) is 34.7 Å². The second-order valence-corrected chi connectivity index (χ2v) is 9.04. The highest BCUT2D eigenvalue weighted by atomic mass is 32.2. The molecule has 2 aromatic heterocycles. The first-order chi connectivity index (χ1) is 14.2. The average Bonchev–Trinajstić information content (AvgIpc) is 3.22. The fourth-order valence-electron chi connectivity index (χ4n) is 3.93. The molecule has 0 radical (unpaired) electrons. The number of hydrogen-bond donors (Lipinski definition) is 2. The van der Waals surface area contributed by atoms with Crippen LogP contribution in [-0.2, 0) is 0 Å². The normalized spacial score (nSPS) is 19.9. The zero-order valence-electron chi connectivity index (χ0n) is 16.7. The number of aromatic nitrogens is 4. The highest BCUT2D eigenvalue weighted by Crippen LogP contribution is 2.30. The summed E-state index contributed by atoms with van der Waals surface area (Å²) in [5.74, 6) is 1.45. The topological polar surface area (TPSA) is 78.9 Å². The van der Waals surface area contributed by atoms with Crippen molar-refractivity contribution in [3.05, 3.63) is 24.5 Å². The average molecular weight is 430 g/mol. The number of anilines is 2. The first-order valence-electron chi connectivity index (χ1n) is 10.4. The highest BCUT2D eigenvalue weighted by molar-refractivity contribution is 7.99. The predicted molar refractivity (Wildman–Crippen MR) is 120 cm³/mol. The Hall–Kier alpha value is -2.00. The van der Waals surface area contributed by atoms with E-state index in [1.165, 1.54) is 56.7 Å². The summed E-state index contributed by atoms with van der Waals surface area (Å²) >= 11 is 6.96. The van der Waals surface area contributed by atoms with Gasteiger partial charge in [0.1, 0.15) is 10.8 Å². The molecular formula is C20H27N7S2. The third kappa shape index (κ3) is 5.54. The summed E-state index contributed by atoms with van der Waals surface area (Å²) in [5.41, 5.74) is 0. The Morgan fingerprint density at radius 3 is 2.62 bits per heavy atom. The fourth-order valence-corrected chi connectivity index (χ4v) is 4.90. The smallest absolute Gasteiger partial charge is 0.232 e. The van der Waals surface area contributed by atoms with Crippen molar-refractivity contribution in [2.45, 2.75) is 74.1 Å². The lowest BCUT2D eigenvalue weighted by Crippen LogP contribution is -2.39. The Morgan fingerprint density at radius 1 is 1.10 bits per heavy atom. The zero-order valence-corrected chi connectivity index (χ0v) is 18.3. The van der Waals surface area contributed by atoms with Crippen molar-refractivity contribution in [3.8, 4) is 0 Å². The predicted octanol–water partition coefficient (Wildman–Crippen LogP) is 4.03. The van der Waals surface area contributed by atoms with Gasteiger partial charge in [0, 0.05) is 37.1 Å². The molecule has 1 saturated heterocycles. The molecule has 9 heteroatoms. The van der Waals surface area contributed by atoms with E-state index in [4.69, 9.17) is 17.2 Å². The van der Waals surface area contributed by atoms with E-state index in [1.807, 2.05) is 12.1 Å². The molecule has 0 amide bonds. The number of hydrogen-bond acceptors (Lipinski definition) is 7. The Bertz CT molecular complexity index is 827. The van der Waals surface area contributed by atoms with Gasteiger partial charge in [-0.25, -0.2) is 15.0 Å². The third-order valence-electron chi connectivity index (χ3n) is 5.44. The maximum Gasteiger partial charge on any atom is 0.232 e. The van der Waals surface area contributed by atoms with Gasteiger partial charge in [0.05, 0.1) is 0 Å². The standard InChI is InChI=1S/C20H27N7S2/c1-14-7-4-5-12-27(14)16-13-17(29-20-21-10-6-11-22-20)25-18(24-16)26-19(28)23-15-8-2-3-9-15/h6,10-11,13-15H,2-5,7-9,12H2,1H3,(H2,23,24,25,26,28)/t14-/m1/s1. The monoisotopic (exact) mass is 429 g/mol. The summed E-state index contributed by atoms with van der Waals surface area (Å²) in [6.45, 7) is 3.27. The second kappa shape index (κ2) is 9.67. The van der Waals surface area contributed by atoms with E-state index < -0.39 is 0 Å². The van der Waals surface area contributed by atoms with Crippen molar-refractivity contribution < 1.29 is 0 Å². The maximum atomic E-state index is 5.52. The molecule has 1 aliphatic heterocycles. The van der Waals surface area contributed by atoms with Gasteiger partial charge in [-0.15, -0.1) is 0 Å². The summed E-state index contributed by atoms with van der Waals surface area (Å²) < 4.78 is 0. The van der Waals surface area contributed by atoms with Crippen molar-refractivity contribution in [2.75, 3.05) is 16.8 Å². The van der Waals surface area contributed by atoms with Gasteiger partial charge in [-0.05, 0) is 69.1 Å². The van der Waals surface area contributed by atoms with E-state index >= 15 is 0 Å². The summed E-state index contributed by atoms with van der Waals surface area (Å²) in [6.07, 6.45) is 12.0. The van der Waals surface area contributed by atoms with Crippen LogP contribution in [-0.4, -0.2) is 43.7 Å². The number of nitrogens with one attached hydrogen (secondary N) is 2. The first-order valence-corrected chi connectivity index (χ1v) is 11.6. The highest BCUT2D eigenvalue weighted by Gasteiger charge is 2.22. The van der Waals surface area contributed by atoms with E-state index in [1.54, 1.807) is 12.4 Å². The molecule has 29 heavy (non-hydrogen) atoms. The van der Waals surface area contributed by atoms with Crippen LogP contribution >= 0.6 is 24.0 Å². The largest absolute Gasteiger partial charge is 0.360 e. The molecule has 154 valence electrons. The van der Waals surface area contributed by atoms with Gasteiger partial charge in [0.15, 0.2) is 10.3 Å². The molecule has 1 atom stereocenters. The molecule has 0 bridgehead atoms. The molecule has 2 aromatic rings. The van der Waals surface area contributed by atoms with E-state index in [-0.39, 0.29) is 0 Å². The SMILES string of the molecule is C[C@@H]1CCCCN1c1cc(Sc2ncccn2)nc(NC(=S)NC2CCCC2)n1. The zero-order chi connectivity index (χ0) is 20.1. The molecule has 2 N–H and O–H groups in total. The Labute approximate surface area is 181 Å². The molecule has 2 fully saturated rings. The molecular weight excluding hydrogens is 402 g/mol.